The molecule has 2 nitrogen and oxygen atoms in total. The highest BCUT2D eigenvalue weighted by Gasteiger charge is 2.07. The second-order valence-electron chi connectivity index (χ2n) is 5.30. The van der Waals surface area contributed by atoms with Crippen LogP contribution in [0.2, 0.25) is 0 Å². The predicted molar refractivity (Wildman–Crippen MR) is 95.7 cm³/mol. The van der Waals surface area contributed by atoms with Crippen LogP contribution in [0.4, 0.5) is 10.1 Å². The lowest BCUT2D eigenvalue weighted by atomic mass is 10.1. The van der Waals surface area contributed by atoms with Crippen LogP contribution < -0.4 is 4.90 Å². The summed E-state index contributed by atoms with van der Waals surface area (Å²) in [5.41, 5.74) is 3.30. The fraction of sp³-hybridized carbons (Fsp3) is 0.0952. The molecule has 0 aliphatic carbocycles. The highest BCUT2D eigenvalue weighted by molar-refractivity contribution is 5.56. The van der Waals surface area contributed by atoms with Crippen molar-refractivity contribution < 1.29 is 4.39 Å². The Bertz CT molecular complexity index is 878. The van der Waals surface area contributed by atoms with Crippen molar-refractivity contribution in [3.8, 4) is 17.9 Å². The van der Waals surface area contributed by atoms with Gasteiger partial charge < -0.3 is 4.90 Å². The third-order valence-electron chi connectivity index (χ3n) is 3.45. The van der Waals surface area contributed by atoms with Crippen molar-refractivity contribution in [3.05, 3.63) is 89.4 Å². The van der Waals surface area contributed by atoms with E-state index in [-0.39, 0.29) is 5.56 Å². The molecule has 118 valence electrons. The molecule has 0 aliphatic rings. The Hall–Kier alpha value is -3.30. The van der Waals surface area contributed by atoms with Gasteiger partial charge in [0.15, 0.2) is 0 Å². The Balaban J connectivity index is 2.18. The number of hydrogen-bond acceptors (Lipinski definition) is 2. The maximum absolute atomic E-state index is 13.6. The zero-order valence-electron chi connectivity index (χ0n) is 13.7. The molecule has 0 spiro atoms. The van der Waals surface area contributed by atoms with E-state index in [4.69, 9.17) is 5.26 Å². The van der Waals surface area contributed by atoms with Crippen molar-refractivity contribution in [1.82, 2.24) is 0 Å². The van der Waals surface area contributed by atoms with Crippen molar-refractivity contribution in [1.29, 1.82) is 5.26 Å². The average molecular weight is 316 g/mol. The first-order chi connectivity index (χ1) is 11.5. The van der Waals surface area contributed by atoms with Gasteiger partial charge in [-0.2, -0.15) is 5.26 Å². The molecule has 3 heteroatoms. The highest BCUT2D eigenvalue weighted by atomic mass is 19.1. The molecule has 0 bridgehead atoms. The summed E-state index contributed by atoms with van der Waals surface area (Å²) in [6, 6.07) is 15.8. The molecule has 0 heterocycles. The number of hydrogen-bond donors (Lipinski definition) is 0. The normalized spacial score (nSPS) is 10.3. The number of nitrogens with zero attached hydrogens (tertiary/aromatic N) is 2. The van der Waals surface area contributed by atoms with Gasteiger partial charge in [0, 0.05) is 29.6 Å². The van der Waals surface area contributed by atoms with Gasteiger partial charge in [-0.15, -0.1) is 0 Å². The Labute approximate surface area is 142 Å². The van der Waals surface area contributed by atoms with Crippen molar-refractivity contribution in [2.75, 3.05) is 11.9 Å². The van der Waals surface area contributed by atoms with Crippen LogP contribution in [-0.4, -0.2) is 7.05 Å². The molecule has 0 saturated carbocycles. The Morgan fingerprint density at radius 1 is 1.17 bits per heavy atom. The van der Waals surface area contributed by atoms with Crippen molar-refractivity contribution in [3.63, 3.8) is 0 Å². The summed E-state index contributed by atoms with van der Waals surface area (Å²) in [6.07, 6.45) is 1.83. The smallest absolute Gasteiger partial charge is 0.126 e. The standard InChI is InChI=1S/C21H17FN2/c1-16(9-10-18-7-5-4-6-8-18)11-17(2)24(3)21-13-19(15-23)12-20(22)14-21/h4-8,11-14H,1H2,2-3H3/b17-11-. The van der Waals surface area contributed by atoms with Crippen LogP contribution in [0, 0.1) is 29.0 Å². The first-order valence-corrected chi connectivity index (χ1v) is 7.38. The Morgan fingerprint density at radius 3 is 2.54 bits per heavy atom. The average Bonchev–Trinajstić information content (AvgIpc) is 2.59. The molecule has 0 radical (unpaired) electrons. The number of anilines is 1. The number of nitriles is 1. The summed E-state index contributed by atoms with van der Waals surface area (Å²) in [4.78, 5) is 1.79. The fourth-order valence-corrected chi connectivity index (χ4v) is 2.09. The molecular formula is C21H17FN2. The van der Waals surface area contributed by atoms with Crippen LogP contribution in [0.15, 0.2) is 72.5 Å². The van der Waals surface area contributed by atoms with Gasteiger partial charge in [-0.05, 0) is 43.3 Å². The number of halogens is 1. The molecule has 0 saturated heterocycles. The van der Waals surface area contributed by atoms with Gasteiger partial charge in [0.2, 0.25) is 0 Å². The monoisotopic (exact) mass is 316 g/mol. The number of allylic oxidation sites excluding steroid dienone is 3. The molecule has 2 aromatic rings. The zero-order chi connectivity index (χ0) is 17.5. The van der Waals surface area contributed by atoms with Crippen molar-refractivity contribution in [2.24, 2.45) is 0 Å². The van der Waals surface area contributed by atoms with Crippen LogP contribution in [0.5, 0.6) is 0 Å². The molecule has 0 atom stereocenters. The topological polar surface area (TPSA) is 27.0 Å². The van der Waals surface area contributed by atoms with Gasteiger partial charge >= 0.3 is 0 Å². The van der Waals surface area contributed by atoms with E-state index >= 15 is 0 Å². The van der Waals surface area contributed by atoms with E-state index in [1.54, 1.807) is 18.0 Å². The van der Waals surface area contributed by atoms with Crippen LogP contribution in [0.1, 0.15) is 18.1 Å². The maximum atomic E-state index is 13.6. The first kappa shape index (κ1) is 17.1. The summed E-state index contributed by atoms with van der Waals surface area (Å²) in [6.45, 7) is 5.82. The lowest BCUT2D eigenvalue weighted by molar-refractivity contribution is 0.627. The van der Waals surface area contributed by atoms with Crippen LogP contribution in [0.25, 0.3) is 0 Å². The number of rotatable bonds is 3. The fourth-order valence-electron chi connectivity index (χ4n) is 2.09. The summed E-state index contributed by atoms with van der Waals surface area (Å²) < 4.78 is 13.6. The minimum absolute atomic E-state index is 0.285. The van der Waals surface area contributed by atoms with E-state index < -0.39 is 5.82 Å². The lowest BCUT2D eigenvalue weighted by Gasteiger charge is -2.20. The summed E-state index contributed by atoms with van der Waals surface area (Å²) >= 11 is 0. The largest absolute Gasteiger partial charge is 0.348 e. The second kappa shape index (κ2) is 7.81. The second-order valence-corrected chi connectivity index (χ2v) is 5.30. The van der Waals surface area contributed by atoms with E-state index in [9.17, 15) is 4.39 Å². The van der Waals surface area contributed by atoms with E-state index in [0.29, 0.717) is 11.3 Å². The lowest BCUT2D eigenvalue weighted by Crippen LogP contribution is -2.14. The molecule has 2 rings (SSSR count). The van der Waals surface area contributed by atoms with Gasteiger partial charge in [-0.1, -0.05) is 36.6 Å². The third kappa shape index (κ3) is 4.60. The van der Waals surface area contributed by atoms with E-state index in [2.05, 4.69) is 18.4 Å². The van der Waals surface area contributed by atoms with Gasteiger partial charge in [0.25, 0.3) is 0 Å². The Morgan fingerprint density at radius 2 is 1.88 bits per heavy atom. The summed E-state index contributed by atoms with van der Waals surface area (Å²) in [7, 11) is 1.81. The van der Waals surface area contributed by atoms with E-state index in [1.165, 1.54) is 12.1 Å². The molecule has 0 amide bonds. The third-order valence-corrected chi connectivity index (χ3v) is 3.45. The van der Waals surface area contributed by atoms with Crippen molar-refractivity contribution >= 4 is 5.69 Å². The number of benzene rings is 2. The maximum Gasteiger partial charge on any atom is 0.126 e. The summed E-state index contributed by atoms with van der Waals surface area (Å²) in [5, 5.41) is 8.95. The van der Waals surface area contributed by atoms with Crippen LogP contribution >= 0.6 is 0 Å². The van der Waals surface area contributed by atoms with Gasteiger partial charge in [0.1, 0.15) is 5.82 Å². The molecule has 0 aliphatic heterocycles. The Kier molecular flexibility index (Phi) is 5.55. The van der Waals surface area contributed by atoms with E-state index in [1.807, 2.05) is 49.4 Å². The molecule has 24 heavy (non-hydrogen) atoms. The molecule has 0 N–H and O–H groups in total. The van der Waals surface area contributed by atoms with Gasteiger partial charge in [-0.25, -0.2) is 4.39 Å². The molecule has 0 unspecified atom stereocenters. The van der Waals surface area contributed by atoms with E-state index in [0.717, 1.165) is 11.3 Å². The first-order valence-electron chi connectivity index (χ1n) is 7.38. The minimum atomic E-state index is -0.439. The molecular weight excluding hydrogens is 299 g/mol. The van der Waals surface area contributed by atoms with Gasteiger partial charge in [-0.3, -0.25) is 0 Å². The minimum Gasteiger partial charge on any atom is -0.348 e. The van der Waals surface area contributed by atoms with Crippen LogP contribution in [-0.2, 0) is 0 Å². The van der Waals surface area contributed by atoms with Crippen LogP contribution in [0.3, 0.4) is 0 Å². The highest BCUT2D eigenvalue weighted by Crippen LogP contribution is 2.21. The SMILES string of the molecule is C=C(C#Cc1ccccc1)/C=C(/C)N(C)c1cc(F)cc(C#N)c1. The summed E-state index contributed by atoms with van der Waals surface area (Å²) in [5.74, 6) is 5.60. The zero-order valence-corrected chi connectivity index (χ0v) is 13.7. The molecule has 2 aromatic carbocycles. The van der Waals surface area contributed by atoms with Crippen molar-refractivity contribution in [2.45, 2.75) is 6.92 Å². The quantitative estimate of drug-likeness (QED) is 0.609. The van der Waals surface area contributed by atoms with Gasteiger partial charge in [0.05, 0.1) is 11.6 Å². The predicted octanol–water partition coefficient (Wildman–Crippen LogP) is 4.65. The molecule has 0 fully saturated rings. The molecule has 0 aromatic heterocycles.